The molecule has 1 aliphatic heterocycles. The van der Waals surface area contributed by atoms with Crippen LogP contribution >= 0.6 is 15.9 Å². The lowest BCUT2D eigenvalue weighted by molar-refractivity contribution is 0.0665. The van der Waals surface area contributed by atoms with Crippen molar-refractivity contribution in [2.75, 3.05) is 45.2 Å². The van der Waals surface area contributed by atoms with Gasteiger partial charge in [-0.05, 0) is 60.2 Å². The highest BCUT2D eigenvalue weighted by Crippen LogP contribution is 2.27. The summed E-state index contributed by atoms with van der Waals surface area (Å²) in [5, 5.41) is 2.88. The summed E-state index contributed by atoms with van der Waals surface area (Å²) in [5.41, 5.74) is 1.50. The fourth-order valence-corrected chi connectivity index (χ4v) is 3.56. The Labute approximate surface area is 173 Å². The first-order chi connectivity index (χ1) is 13.5. The molecule has 2 aromatic rings. The summed E-state index contributed by atoms with van der Waals surface area (Å²) in [4.78, 5) is 29.7. The van der Waals surface area contributed by atoms with Crippen molar-refractivity contribution in [3.05, 3.63) is 58.1 Å². The van der Waals surface area contributed by atoms with Gasteiger partial charge in [0.15, 0.2) is 0 Å². The van der Waals surface area contributed by atoms with Gasteiger partial charge in [0.05, 0.1) is 22.3 Å². The number of amides is 2. The predicted octanol–water partition coefficient (Wildman–Crippen LogP) is 3.49. The molecule has 7 heteroatoms. The molecule has 1 N–H and O–H groups in total. The third-order valence-electron chi connectivity index (χ3n) is 4.69. The molecule has 0 bridgehead atoms. The van der Waals surface area contributed by atoms with Crippen LogP contribution in [0.2, 0.25) is 0 Å². The van der Waals surface area contributed by atoms with Crippen molar-refractivity contribution >= 4 is 33.4 Å². The number of carbonyl (C=O) groups excluding carboxylic acids is 2. The van der Waals surface area contributed by atoms with Crippen molar-refractivity contribution < 1.29 is 14.3 Å². The number of nitrogens with one attached hydrogen (secondary N) is 1. The third kappa shape index (κ3) is 4.72. The van der Waals surface area contributed by atoms with Gasteiger partial charge in [0.2, 0.25) is 0 Å². The Kier molecular flexibility index (Phi) is 6.70. The van der Waals surface area contributed by atoms with E-state index in [1.807, 2.05) is 31.0 Å². The minimum absolute atomic E-state index is 0.0584. The Morgan fingerprint density at radius 1 is 1.11 bits per heavy atom. The average Bonchev–Trinajstić information content (AvgIpc) is 2.70. The fraction of sp³-hybridized carbons (Fsp3) is 0.333. The van der Waals surface area contributed by atoms with Gasteiger partial charge in [-0.2, -0.15) is 0 Å². The molecule has 0 unspecified atom stereocenters. The van der Waals surface area contributed by atoms with E-state index in [9.17, 15) is 9.59 Å². The molecule has 1 fully saturated rings. The highest BCUT2D eigenvalue weighted by molar-refractivity contribution is 9.10. The van der Waals surface area contributed by atoms with Gasteiger partial charge in [-0.3, -0.25) is 9.59 Å². The summed E-state index contributed by atoms with van der Waals surface area (Å²) in [6, 6.07) is 12.3. The summed E-state index contributed by atoms with van der Waals surface area (Å²) in [5.74, 6) is 0.351. The Morgan fingerprint density at radius 2 is 1.82 bits per heavy atom. The van der Waals surface area contributed by atoms with Crippen LogP contribution < -0.4 is 10.1 Å². The number of rotatable bonds is 5. The molecule has 6 nitrogen and oxygen atoms in total. The number of carbonyl (C=O) groups is 2. The molecule has 1 saturated heterocycles. The molecule has 3 rings (SSSR count). The molecule has 148 valence electrons. The van der Waals surface area contributed by atoms with Gasteiger partial charge in [0.1, 0.15) is 5.75 Å². The maximum atomic E-state index is 12.9. The van der Waals surface area contributed by atoms with Crippen molar-refractivity contribution in [2.45, 2.75) is 6.92 Å². The van der Waals surface area contributed by atoms with Crippen molar-refractivity contribution in [1.82, 2.24) is 9.80 Å². The minimum atomic E-state index is -0.276. The smallest absolute Gasteiger partial charge is 0.256 e. The van der Waals surface area contributed by atoms with E-state index in [4.69, 9.17) is 4.74 Å². The van der Waals surface area contributed by atoms with Crippen LogP contribution in [0.25, 0.3) is 0 Å². The molecule has 0 atom stereocenters. The van der Waals surface area contributed by atoms with E-state index < -0.39 is 0 Å². The van der Waals surface area contributed by atoms with Gasteiger partial charge < -0.3 is 19.9 Å². The number of hydrogen-bond acceptors (Lipinski definition) is 4. The Morgan fingerprint density at radius 3 is 2.50 bits per heavy atom. The Balaban J connectivity index is 1.77. The molecule has 1 aliphatic rings. The van der Waals surface area contributed by atoms with Gasteiger partial charge in [-0.1, -0.05) is 12.1 Å². The number of ether oxygens (including phenoxy) is 1. The number of halogens is 1. The first-order valence-electron chi connectivity index (χ1n) is 9.30. The lowest BCUT2D eigenvalue weighted by Crippen LogP contribution is -2.47. The normalized spacial score (nSPS) is 14.6. The van der Waals surface area contributed by atoms with E-state index >= 15 is 0 Å². The summed E-state index contributed by atoms with van der Waals surface area (Å²) in [6.07, 6.45) is 0. The van der Waals surface area contributed by atoms with Crippen molar-refractivity contribution in [1.29, 1.82) is 0 Å². The van der Waals surface area contributed by atoms with Crippen LogP contribution in [0.3, 0.4) is 0 Å². The Hall–Kier alpha value is -2.38. The number of benzene rings is 2. The molecule has 0 saturated carbocycles. The zero-order chi connectivity index (χ0) is 20.1. The third-order valence-corrected chi connectivity index (χ3v) is 5.31. The standard InChI is InChI=1S/C21H24BrN3O3/c1-3-28-19-9-8-15(14-17(19)22)20(26)23-18-7-5-4-6-16(18)21(27)25-12-10-24(2)11-13-25/h4-9,14H,3,10-13H2,1-2H3,(H,23,26). The molecule has 1 heterocycles. The first kappa shape index (κ1) is 20.4. The second-order valence-electron chi connectivity index (χ2n) is 6.67. The second kappa shape index (κ2) is 9.21. The van der Waals surface area contributed by atoms with E-state index in [0.717, 1.165) is 13.1 Å². The molecule has 0 spiro atoms. The zero-order valence-electron chi connectivity index (χ0n) is 16.1. The van der Waals surface area contributed by atoms with Gasteiger partial charge in [-0.15, -0.1) is 0 Å². The Bertz CT molecular complexity index is 864. The van der Waals surface area contributed by atoms with E-state index in [0.29, 0.717) is 46.7 Å². The van der Waals surface area contributed by atoms with Crippen LogP contribution in [0.1, 0.15) is 27.6 Å². The maximum absolute atomic E-state index is 12.9. The van der Waals surface area contributed by atoms with Crippen LogP contribution in [-0.2, 0) is 0 Å². The van der Waals surface area contributed by atoms with Gasteiger partial charge >= 0.3 is 0 Å². The second-order valence-corrected chi connectivity index (χ2v) is 7.53. The molecule has 0 aliphatic carbocycles. The van der Waals surface area contributed by atoms with E-state index in [1.165, 1.54) is 0 Å². The van der Waals surface area contributed by atoms with Crippen LogP contribution in [-0.4, -0.2) is 61.4 Å². The minimum Gasteiger partial charge on any atom is -0.493 e. The van der Waals surface area contributed by atoms with Crippen LogP contribution in [0, 0.1) is 0 Å². The van der Waals surface area contributed by atoms with E-state index in [-0.39, 0.29) is 11.8 Å². The molecular formula is C21H24BrN3O3. The zero-order valence-corrected chi connectivity index (χ0v) is 17.7. The molecule has 2 aromatic carbocycles. The predicted molar refractivity (Wildman–Crippen MR) is 113 cm³/mol. The number of piperazine rings is 1. The number of likely N-dealkylation sites (N-methyl/N-ethyl adjacent to an activating group) is 1. The molecule has 0 radical (unpaired) electrons. The van der Waals surface area contributed by atoms with Crippen molar-refractivity contribution in [2.24, 2.45) is 0 Å². The number of nitrogens with zero attached hydrogens (tertiary/aromatic N) is 2. The topological polar surface area (TPSA) is 61.9 Å². The molecule has 2 amide bonds. The first-order valence-corrected chi connectivity index (χ1v) is 10.1. The van der Waals surface area contributed by atoms with E-state index in [1.54, 1.807) is 30.3 Å². The van der Waals surface area contributed by atoms with Gasteiger partial charge in [0, 0.05) is 31.7 Å². The highest BCUT2D eigenvalue weighted by Gasteiger charge is 2.23. The summed E-state index contributed by atoms with van der Waals surface area (Å²) < 4.78 is 6.19. The molecule has 0 aromatic heterocycles. The van der Waals surface area contributed by atoms with Crippen molar-refractivity contribution in [3.63, 3.8) is 0 Å². The maximum Gasteiger partial charge on any atom is 0.256 e. The average molecular weight is 446 g/mol. The monoisotopic (exact) mass is 445 g/mol. The number of anilines is 1. The quantitative estimate of drug-likeness (QED) is 0.764. The highest BCUT2D eigenvalue weighted by atomic mass is 79.9. The molecule has 28 heavy (non-hydrogen) atoms. The van der Waals surface area contributed by atoms with Gasteiger partial charge in [-0.25, -0.2) is 0 Å². The van der Waals surface area contributed by atoms with Crippen LogP contribution in [0.15, 0.2) is 46.9 Å². The number of para-hydroxylation sites is 1. The summed E-state index contributed by atoms with van der Waals surface area (Å²) in [6.45, 7) is 5.52. The largest absolute Gasteiger partial charge is 0.493 e. The van der Waals surface area contributed by atoms with E-state index in [2.05, 4.69) is 26.1 Å². The fourth-order valence-electron chi connectivity index (χ4n) is 3.07. The molecular weight excluding hydrogens is 422 g/mol. The lowest BCUT2D eigenvalue weighted by Gasteiger charge is -2.32. The van der Waals surface area contributed by atoms with Crippen LogP contribution in [0.5, 0.6) is 5.75 Å². The van der Waals surface area contributed by atoms with Crippen molar-refractivity contribution in [3.8, 4) is 5.75 Å². The van der Waals surface area contributed by atoms with Gasteiger partial charge in [0.25, 0.3) is 11.8 Å². The summed E-state index contributed by atoms with van der Waals surface area (Å²) in [7, 11) is 2.05. The summed E-state index contributed by atoms with van der Waals surface area (Å²) >= 11 is 3.43. The SMILES string of the molecule is CCOc1ccc(C(=O)Nc2ccccc2C(=O)N2CCN(C)CC2)cc1Br. The lowest BCUT2D eigenvalue weighted by atomic mass is 10.1. The number of hydrogen-bond donors (Lipinski definition) is 1. The van der Waals surface area contributed by atoms with Crippen LogP contribution in [0.4, 0.5) is 5.69 Å².